The third-order valence-corrected chi connectivity index (χ3v) is 3.82. The number of likely N-dealkylation sites (N-methyl/N-ethyl adjacent to an activating group) is 1. The minimum Gasteiger partial charge on any atom is -0.493 e. The predicted octanol–water partition coefficient (Wildman–Crippen LogP) is 3.67. The lowest BCUT2D eigenvalue weighted by Gasteiger charge is -2.21. The molecule has 1 aromatic carbocycles. The van der Waals surface area contributed by atoms with Gasteiger partial charge in [-0.2, -0.15) is 0 Å². The molecule has 0 spiro atoms. The normalized spacial score (nSPS) is 11.3. The molecule has 0 atom stereocenters. The van der Waals surface area contributed by atoms with Crippen molar-refractivity contribution in [3.05, 3.63) is 28.2 Å². The van der Waals surface area contributed by atoms with Gasteiger partial charge in [-0.05, 0) is 45.5 Å². The van der Waals surface area contributed by atoms with E-state index in [1.165, 1.54) is 5.56 Å². The van der Waals surface area contributed by atoms with E-state index in [1.807, 2.05) is 12.1 Å². The first kappa shape index (κ1) is 17.5. The molecule has 0 aliphatic rings. The number of hydrogen-bond donors (Lipinski definition) is 1. The van der Waals surface area contributed by atoms with Crippen molar-refractivity contribution in [1.29, 1.82) is 0 Å². The summed E-state index contributed by atoms with van der Waals surface area (Å²) in [4.78, 5) is 2.34. The molecule has 1 aromatic rings. The molecule has 0 unspecified atom stereocenters. The second-order valence-electron chi connectivity index (χ2n) is 5.35. The van der Waals surface area contributed by atoms with E-state index in [9.17, 15) is 0 Å². The van der Waals surface area contributed by atoms with Gasteiger partial charge in [0, 0.05) is 35.7 Å². The number of nitrogens with one attached hydrogen (secondary N) is 1. The summed E-state index contributed by atoms with van der Waals surface area (Å²) in [5.74, 6) is 0.986. The summed E-state index contributed by atoms with van der Waals surface area (Å²) < 4.78 is 6.88. The van der Waals surface area contributed by atoms with E-state index in [2.05, 4.69) is 60.0 Å². The van der Waals surface area contributed by atoms with Crippen molar-refractivity contribution < 1.29 is 4.74 Å². The molecule has 1 rings (SSSR count). The van der Waals surface area contributed by atoms with Gasteiger partial charge in [-0.15, -0.1) is 0 Å². The van der Waals surface area contributed by atoms with E-state index >= 15 is 0 Å². The van der Waals surface area contributed by atoms with Crippen molar-refractivity contribution in [2.75, 3.05) is 26.7 Å². The van der Waals surface area contributed by atoms with Crippen molar-refractivity contribution >= 4 is 15.9 Å². The average Bonchev–Trinajstić information content (AvgIpc) is 2.42. The Labute approximate surface area is 131 Å². The molecule has 0 amide bonds. The lowest BCUT2D eigenvalue weighted by Crippen LogP contribution is -2.33. The predicted molar refractivity (Wildman–Crippen MR) is 89.4 cm³/mol. The van der Waals surface area contributed by atoms with Gasteiger partial charge in [-0.1, -0.05) is 22.9 Å². The molecule has 0 aliphatic carbocycles. The summed E-state index contributed by atoms with van der Waals surface area (Å²) in [6.07, 6.45) is 1.03. The van der Waals surface area contributed by atoms with Gasteiger partial charge in [-0.3, -0.25) is 0 Å². The van der Waals surface area contributed by atoms with Crippen LogP contribution in [0.25, 0.3) is 0 Å². The molecule has 0 fully saturated rings. The Morgan fingerprint density at radius 1 is 1.35 bits per heavy atom. The number of benzene rings is 1. The highest BCUT2D eigenvalue weighted by atomic mass is 79.9. The Balaban J connectivity index is 2.47. The van der Waals surface area contributed by atoms with Crippen LogP contribution in [0.5, 0.6) is 5.75 Å². The van der Waals surface area contributed by atoms with Gasteiger partial charge < -0.3 is 15.0 Å². The highest BCUT2D eigenvalue weighted by Gasteiger charge is 2.06. The Morgan fingerprint density at radius 2 is 2.10 bits per heavy atom. The summed E-state index contributed by atoms with van der Waals surface area (Å²) >= 11 is 3.52. The van der Waals surface area contributed by atoms with E-state index in [0.29, 0.717) is 6.04 Å². The molecule has 1 N–H and O–H groups in total. The highest BCUT2D eigenvalue weighted by molar-refractivity contribution is 9.10. The van der Waals surface area contributed by atoms with Crippen molar-refractivity contribution in [3.63, 3.8) is 0 Å². The van der Waals surface area contributed by atoms with Gasteiger partial charge in [-0.25, -0.2) is 0 Å². The maximum Gasteiger partial charge on any atom is 0.123 e. The van der Waals surface area contributed by atoms with Crippen LogP contribution in [-0.2, 0) is 6.54 Å². The fraction of sp³-hybridized carbons (Fsp3) is 0.625. The quantitative estimate of drug-likeness (QED) is 0.693. The van der Waals surface area contributed by atoms with Gasteiger partial charge in [0.05, 0.1) is 6.61 Å². The molecule has 114 valence electrons. The molecule has 0 saturated carbocycles. The smallest absolute Gasteiger partial charge is 0.123 e. The highest BCUT2D eigenvalue weighted by Crippen LogP contribution is 2.23. The summed E-state index contributed by atoms with van der Waals surface area (Å²) in [7, 11) is 2.15. The number of rotatable bonds is 9. The maximum absolute atomic E-state index is 5.79. The first-order valence-electron chi connectivity index (χ1n) is 7.36. The molecule has 0 radical (unpaired) electrons. The van der Waals surface area contributed by atoms with Crippen molar-refractivity contribution in [3.8, 4) is 5.75 Å². The third-order valence-electron chi connectivity index (χ3n) is 3.32. The van der Waals surface area contributed by atoms with Gasteiger partial charge in [0.1, 0.15) is 5.75 Å². The maximum atomic E-state index is 5.79. The van der Waals surface area contributed by atoms with Crippen LogP contribution in [0.2, 0.25) is 0 Å². The zero-order valence-corrected chi connectivity index (χ0v) is 14.7. The summed E-state index contributed by atoms with van der Waals surface area (Å²) in [6.45, 7) is 10.2. The number of ether oxygens (including phenoxy) is 1. The largest absolute Gasteiger partial charge is 0.493 e. The van der Waals surface area contributed by atoms with Gasteiger partial charge in [0.15, 0.2) is 0 Å². The van der Waals surface area contributed by atoms with Crippen molar-refractivity contribution in [2.45, 2.75) is 39.8 Å². The fourth-order valence-corrected chi connectivity index (χ4v) is 2.18. The van der Waals surface area contributed by atoms with Crippen LogP contribution in [0, 0.1) is 0 Å². The minimum absolute atomic E-state index is 0.589. The Bertz CT molecular complexity index is 396. The standard InChI is InChI=1S/C16H27BrN2O/c1-5-10-20-16-7-6-15(17)11-14(16)12-18-8-9-19(4)13(2)3/h6-7,11,13,18H,5,8-10,12H2,1-4H3. The van der Waals surface area contributed by atoms with Crippen LogP contribution < -0.4 is 10.1 Å². The van der Waals surface area contributed by atoms with E-state index in [-0.39, 0.29) is 0 Å². The molecule has 0 bridgehead atoms. The van der Waals surface area contributed by atoms with Crippen molar-refractivity contribution in [1.82, 2.24) is 10.2 Å². The Kier molecular flexibility index (Phi) is 8.19. The first-order chi connectivity index (χ1) is 9.54. The summed E-state index contributed by atoms with van der Waals surface area (Å²) in [5, 5.41) is 3.49. The number of hydrogen-bond acceptors (Lipinski definition) is 3. The summed E-state index contributed by atoms with van der Waals surface area (Å²) in [6, 6.07) is 6.79. The van der Waals surface area contributed by atoms with E-state index in [0.717, 1.165) is 42.9 Å². The fourth-order valence-electron chi connectivity index (χ4n) is 1.78. The Hall–Kier alpha value is -0.580. The van der Waals surface area contributed by atoms with Gasteiger partial charge in [0.2, 0.25) is 0 Å². The monoisotopic (exact) mass is 342 g/mol. The van der Waals surface area contributed by atoms with Crippen molar-refractivity contribution in [2.24, 2.45) is 0 Å². The molecule has 0 heterocycles. The second-order valence-corrected chi connectivity index (χ2v) is 6.27. The molecule has 0 aliphatic heterocycles. The van der Waals surface area contributed by atoms with Crippen LogP contribution in [0.1, 0.15) is 32.8 Å². The van der Waals surface area contributed by atoms with Crippen LogP contribution in [-0.4, -0.2) is 37.7 Å². The SMILES string of the molecule is CCCOc1ccc(Br)cc1CNCCN(C)C(C)C. The Morgan fingerprint density at radius 3 is 2.75 bits per heavy atom. The van der Waals surface area contributed by atoms with Crippen LogP contribution in [0.4, 0.5) is 0 Å². The molecular weight excluding hydrogens is 316 g/mol. The molecule has 0 saturated heterocycles. The molecule has 0 aromatic heterocycles. The number of halogens is 1. The topological polar surface area (TPSA) is 24.5 Å². The molecular formula is C16H27BrN2O. The molecule has 3 nitrogen and oxygen atoms in total. The van der Waals surface area contributed by atoms with Crippen LogP contribution >= 0.6 is 15.9 Å². The third kappa shape index (κ3) is 6.25. The van der Waals surface area contributed by atoms with Gasteiger partial charge >= 0.3 is 0 Å². The van der Waals surface area contributed by atoms with E-state index in [4.69, 9.17) is 4.74 Å². The lowest BCUT2D eigenvalue weighted by molar-refractivity contribution is 0.272. The minimum atomic E-state index is 0.589. The van der Waals surface area contributed by atoms with E-state index < -0.39 is 0 Å². The van der Waals surface area contributed by atoms with Crippen LogP contribution in [0.3, 0.4) is 0 Å². The van der Waals surface area contributed by atoms with Crippen LogP contribution in [0.15, 0.2) is 22.7 Å². The zero-order chi connectivity index (χ0) is 15.0. The van der Waals surface area contributed by atoms with E-state index in [1.54, 1.807) is 0 Å². The second kappa shape index (κ2) is 9.37. The molecule has 4 heteroatoms. The summed E-state index contributed by atoms with van der Waals surface area (Å²) in [5.41, 5.74) is 1.21. The zero-order valence-electron chi connectivity index (χ0n) is 13.1. The first-order valence-corrected chi connectivity index (χ1v) is 8.16. The van der Waals surface area contributed by atoms with Gasteiger partial charge in [0.25, 0.3) is 0 Å². The lowest BCUT2D eigenvalue weighted by atomic mass is 10.2. The average molecular weight is 343 g/mol. The molecule has 20 heavy (non-hydrogen) atoms. The number of nitrogens with zero attached hydrogens (tertiary/aromatic N) is 1.